The smallest absolute Gasteiger partial charge is 0.387 e. The van der Waals surface area contributed by atoms with Gasteiger partial charge in [0.05, 0.1) is 6.10 Å². The molecule has 1 rings (SSSR count). The molecular weight excluding hydrogens is 266 g/mol. The predicted molar refractivity (Wildman–Crippen MR) is 73.8 cm³/mol. The number of alkyl halides is 2. The van der Waals surface area contributed by atoms with Gasteiger partial charge in [-0.1, -0.05) is 18.2 Å². The molecule has 1 aromatic carbocycles. The average Bonchev–Trinajstić information content (AvgIpc) is 2.35. The van der Waals surface area contributed by atoms with Crippen molar-refractivity contribution in [1.29, 1.82) is 0 Å². The molecule has 0 bridgehead atoms. The Morgan fingerprint density at radius 1 is 1.30 bits per heavy atom. The molecule has 0 spiro atoms. The van der Waals surface area contributed by atoms with Crippen molar-refractivity contribution in [3.8, 4) is 5.75 Å². The van der Waals surface area contributed by atoms with Gasteiger partial charge in [0.25, 0.3) is 0 Å². The van der Waals surface area contributed by atoms with E-state index in [4.69, 9.17) is 5.73 Å². The fraction of sp³-hybridized carbons (Fsp3) is 0.571. The zero-order valence-electron chi connectivity index (χ0n) is 11.7. The Bertz CT molecular complexity index is 403. The van der Waals surface area contributed by atoms with Crippen LogP contribution in [0.2, 0.25) is 0 Å². The molecule has 0 aliphatic heterocycles. The number of nitrogens with two attached hydrogens (primary N) is 1. The largest absolute Gasteiger partial charge is 0.434 e. The van der Waals surface area contributed by atoms with Gasteiger partial charge in [0.2, 0.25) is 0 Å². The third kappa shape index (κ3) is 5.40. The Kier molecular flexibility index (Phi) is 6.84. The van der Waals surface area contributed by atoms with Gasteiger partial charge in [0.15, 0.2) is 0 Å². The van der Waals surface area contributed by atoms with Crippen LogP contribution in [0.5, 0.6) is 5.75 Å². The van der Waals surface area contributed by atoms with Gasteiger partial charge in [-0.25, -0.2) is 0 Å². The van der Waals surface area contributed by atoms with Crippen molar-refractivity contribution in [2.24, 2.45) is 5.73 Å². The summed E-state index contributed by atoms with van der Waals surface area (Å²) in [6, 6.07) is 6.27. The second-order valence-corrected chi connectivity index (χ2v) is 4.86. The van der Waals surface area contributed by atoms with Crippen LogP contribution in [0, 0.1) is 0 Å². The first-order valence-electron chi connectivity index (χ1n) is 6.62. The third-order valence-electron chi connectivity index (χ3n) is 2.93. The number of aliphatic hydroxyl groups excluding tert-OH is 1. The zero-order chi connectivity index (χ0) is 15.1. The molecule has 0 aromatic heterocycles. The first-order chi connectivity index (χ1) is 9.43. The molecule has 0 fully saturated rings. The Balaban J connectivity index is 2.83. The second-order valence-electron chi connectivity index (χ2n) is 4.86. The van der Waals surface area contributed by atoms with Crippen molar-refractivity contribution in [3.63, 3.8) is 0 Å². The molecule has 4 N–H and O–H groups in total. The molecule has 0 amide bonds. The number of hydrogen-bond donors (Lipinski definition) is 3. The van der Waals surface area contributed by atoms with E-state index >= 15 is 0 Å². The second kappa shape index (κ2) is 8.14. The van der Waals surface area contributed by atoms with Crippen molar-refractivity contribution >= 4 is 0 Å². The highest BCUT2D eigenvalue weighted by atomic mass is 19.3. The summed E-state index contributed by atoms with van der Waals surface area (Å²) in [6.45, 7) is 0.980. The summed E-state index contributed by atoms with van der Waals surface area (Å²) in [5.74, 6) is 0.120. The highest BCUT2D eigenvalue weighted by Crippen LogP contribution is 2.26. The van der Waals surface area contributed by atoms with Gasteiger partial charge in [-0.3, -0.25) is 0 Å². The van der Waals surface area contributed by atoms with E-state index in [1.54, 1.807) is 25.1 Å². The number of halogens is 2. The van der Waals surface area contributed by atoms with Crippen LogP contribution in [-0.4, -0.2) is 30.4 Å². The van der Waals surface area contributed by atoms with E-state index in [1.807, 2.05) is 6.92 Å². The van der Waals surface area contributed by atoms with Crippen LogP contribution in [0.1, 0.15) is 31.9 Å². The molecule has 0 radical (unpaired) electrons. The molecule has 0 saturated carbocycles. The fourth-order valence-corrected chi connectivity index (χ4v) is 2.18. The van der Waals surface area contributed by atoms with E-state index in [1.165, 1.54) is 6.07 Å². The molecule has 1 aromatic rings. The Labute approximate surface area is 117 Å². The molecule has 0 heterocycles. The van der Waals surface area contributed by atoms with Crippen LogP contribution in [0.25, 0.3) is 0 Å². The van der Waals surface area contributed by atoms with Gasteiger partial charge >= 0.3 is 6.61 Å². The SMILES string of the molecule is CC(O)CC(C)NC(CN)c1ccccc1OC(F)F. The molecule has 3 unspecified atom stereocenters. The number of aliphatic hydroxyl groups is 1. The summed E-state index contributed by atoms with van der Waals surface area (Å²) in [5, 5.41) is 12.6. The molecule has 3 atom stereocenters. The quantitative estimate of drug-likeness (QED) is 0.685. The Morgan fingerprint density at radius 2 is 1.95 bits per heavy atom. The zero-order valence-corrected chi connectivity index (χ0v) is 11.7. The van der Waals surface area contributed by atoms with Gasteiger partial charge in [0, 0.05) is 24.2 Å². The lowest BCUT2D eigenvalue weighted by atomic mass is 10.0. The summed E-state index contributed by atoms with van der Waals surface area (Å²) in [7, 11) is 0. The predicted octanol–water partition coefficient (Wildman–Crippen LogP) is 2.04. The van der Waals surface area contributed by atoms with Crippen LogP contribution in [0.15, 0.2) is 24.3 Å². The highest BCUT2D eigenvalue weighted by Gasteiger charge is 2.19. The van der Waals surface area contributed by atoms with Crippen LogP contribution in [0.4, 0.5) is 8.78 Å². The average molecular weight is 288 g/mol. The van der Waals surface area contributed by atoms with Crippen LogP contribution < -0.4 is 15.8 Å². The van der Waals surface area contributed by atoms with E-state index in [2.05, 4.69) is 10.1 Å². The number of rotatable bonds is 8. The van der Waals surface area contributed by atoms with Gasteiger partial charge in [-0.15, -0.1) is 0 Å². The van der Waals surface area contributed by atoms with Gasteiger partial charge < -0.3 is 20.9 Å². The lowest BCUT2D eigenvalue weighted by Crippen LogP contribution is -2.36. The van der Waals surface area contributed by atoms with Crippen molar-refractivity contribution in [2.75, 3.05) is 6.54 Å². The van der Waals surface area contributed by atoms with E-state index in [9.17, 15) is 13.9 Å². The number of para-hydroxylation sites is 1. The fourth-order valence-electron chi connectivity index (χ4n) is 2.18. The first kappa shape index (κ1) is 16.8. The lowest BCUT2D eigenvalue weighted by Gasteiger charge is -2.25. The minimum absolute atomic E-state index is 0.00292. The molecule has 0 aliphatic carbocycles. The maximum absolute atomic E-state index is 12.4. The van der Waals surface area contributed by atoms with Crippen molar-refractivity contribution in [2.45, 2.75) is 45.1 Å². The minimum Gasteiger partial charge on any atom is -0.434 e. The van der Waals surface area contributed by atoms with Crippen LogP contribution in [-0.2, 0) is 0 Å². The normalized spacial score (nSPS) is 15.9. The number of nitrogens with one attached hydrogen (secondary N) is 1. The molecule has 0 aliphatic rings. The number of hydrogen-bond acceptors (Lipinski definition) is 4. The summed E-state index contributed by atoms with van der Waals surface area (Å²) >= 11 is 0. The molecule has 4 nitrogen and oxygen atoms in total. The highest BCUT2D eigenvalue weighted by molar-refractivity contribution is 5.36. The summed E-state index contributed by atoms with van der Waals surface area (Å²) < 4.78 is 29.3. The van der Waals surface area contributed by atoms with E-state index in [0.717, 1.165) is 0 Å². The van der Waals surface area contributed by atoms with Crippen LogP contribution in [0.3, 0.4) is 0 Å². The van der Waals surface area contributed by atoms with Gasteiger partial charge in [-0.2, -0.15) is 8.78 Å². The Morgan fingerprint density at radius 3 is 2.50 bits per heavy atom. The van der Waals surface area contributed by atoms with Gasteiger partial charge in [-0.05, 0) is 26.3 Å². The first-order valence-corrected chi connectivity index (χ1v) is 6.62. The molecule has 0 saturated heterocycles. The Hall–Kier alpha value is -1.24. The number of benzene rings is 1. The molecular formula is C14H22F2N2O2. The molecule has 114 valence electrons. The maximum atomic E-state index is 12.4. The van der Waals surface area contributed by atoms with Crippen molar-refractivity contribution in [3.05, 3.63) is 29.8 Å². The van der Waals surface area contributed by atoms with E-state index in [-0.39, 0.29) is 24.4 Å². The van der Waals surface area contributed by atoms with E-state index < -0.39 is 12.7 Å². The third-order valence-corrected chi connectivity index (χ3v) is 2.93. The van der Waals surface area contributed by atoms with Crippen molar-refractivity contribution in [1.82, 2.24) is 5.32 Å². The standard InChI is InChI=1S/C14H22F2N2O2/c1-9(7-10(2)19)18-12(8-17)11-5-3-4-6-13(11)20-14(15)16/h3-6,9-10,12,14,18-19H,7-8,17H2,1-2H3. The summed E-state index contributed by atoms with van der Waals surface area (Å²) in [4.78, 5) is 0. The molecule has 20 heavy (non-hydrogen) atoms. The topological polar surface area (TPSA) is 67.5 Å². The number of ether oxygens (including phenoxy) is 1. The van der Waals surface area contributed by atoms with Crippen molar-refractivity contribution < 1.29 is 18.6 Å². The summed E-state index contributed by atoms with van der Waals surface area (Å²) in [6.07, 6.45) is 0.109. The lowest BCUT2D eigenvalue weighted by molar-refractivity contribution is -0.0507. The minimum atomic E-state index is -2.87. The molecule has 6 heteroatoms. The summed E-state index contributed by atoms with van der Waals surface area (Å²) in [5.41, 5.74) is 6.31. The maximum Gasteiger partial charge on any atom is 0.387 e. The van der Waals surface area contributed by atoms with Crippen LogP contribution >= 0.6 is 0 Å². The van der Waals surface area contributed by atoms with E-state index in [0.29, 0.717) is 12.0 Å². The monoisotopic (exact) mass is 288 g/mol. The van der Waals surface area contributed by atoms with Gasteiger partial charge in [0.1, 0.15) is 5.75 Å².